The maximum Gasteiger partial charge on any atom is 0.321 e. The minimum absolute atomic E-state index is 0.0321. The fourth-order valence-electron chi connectivity index (χ4n) is 1.53. The number of benzene rings is 1. The van der Waals surface area contributed by atoms with E-state index < -0.39 is 11.6 Å². The summed E-state index contributed by atoms with van der Waals surface area (Å²) in [4.78, 5) is 11.5. The van der Waals surface area contributed by atoms with Crippen LogP contribution in [0.3, 0.4) is 0 Å². The fourth-order valence-corrected chi connectivity index (χ4v) is 1.69. The molecule has 7 heteroatoms. The average molecular weight is 300 g/mol. The van der Waals surface area contributed by atoms with Gasteiger partial charge in [-0.05, 0) is 44.0 Å². The molecule has 1 heterocycles. The van der Waals surface area contributed by atoms with Crippen molar-refractivity contribution in [3.8, 4) is 17.4 Å². The molecule has 0 N–H and O–H groups in total. The molecule has 0 unspecified atom stereocenters. The van der Waals surface area contributed by atoms with E-state index in [9.17, 15) is 8.78 Å². The van der Waals surface area contributed by atoms with Crippen molar-refractivity contribution in [3.63, 3.8) is 0 Å². The maximum absolute atomic E-state index is 13.9. The van der Waals surface area contributed by atoms with Gasteiger partial charge in [0.1, 0.15) is 0 Å². The highest BCUT2D eigenvalue weighted by Gasteiger charge is 2.17. The van der Waals surface area contributed by atoms with Gasteiger partial charge >= 0.3 is 6.01 Å². The first kappa shape index (κ1) is 14.6. The second-order valence-electron chi connectivity index (χ2n) is 4.44. The number of nitrogens with zero attached hydrogens (tertiary/aromatic N) is 3. The Labute approximate surface area is 119 Å². The molecule has 0 fully saturated rings. The monoisotopic (exact) mass is 299 g/mol. The Kier molecular flexibility index (Phi) is 4.13. The van der Waals surface area contributed by atoms with Gasteiger partial charge in [0.2, 0.25) is 5.28 Å². The van der Waals surface area contributed by atoms with Crippen molar-refractivity contribution in [2.24, 2.45) is 0 Å². The minimum atomic E-state index is -1.03. The molecule has 0 amide bonds. The highest BCUT2D eigenvalue weighted by molar-refractivity contribution is 6.28. The summed E-state index contributed by atoms with van der Waals surface area (Å²) in [7, 11) is 0. The van der Waals surface area contributed by atoms with E-state index in [2.05, 4.69) is 15.0 Å². The third kappa shape index (κ3) is 3.01. The van der Waals surface area contributed by atoms with Crippen LogP contribution < -0.4 is 4.74 Å². The Balaban J connectivity index is 2.53. The van der Waals surface area contributed by atoms with Crippen molar-refractivity contribution in [3.05, 3.63) is 34.6 Å². The Hall–Kier alpha value is -1.82. The molecule has 0 aliphatic rings. The lowest BCUT2D eigenvalue weighted by atomic mass is 10.1. The second kappa shape index (κ2) is 5.66. The van der Waals surface area contributed by atoms with E-state index >= 15 is 0 Å². The van der Waals surface area contributed by atoms with Crippen LogP contribution in [0.2, 0.25) is 5.28 Å². The highest BCUT2D eigenvalue weighted by atomic mass is 35.5. The largest absolute Gasteiger partial charge is 0.461 e. The van der Waals surface area contributed by atoms with E-state index in [0.717, 1.165) is 0 Å². The lowest BCUT2D eigenvalue weighted by Crippen LogP contribution is -2.10. The van der Waals surface area contributed by atoms with Crippen molar-refractivity contribution in [1.82, 2.24) is 15.0 Å². The van der Waals surface area contributed by atoms with Crippen molar-refractivity contribution in [2.75, 3.05) is 0 Å². The molecule has 106 valence electrons. The van der Waals surface area contributed by atoms with Gasteiger partial charge < -0.3 is 4.74 Å². The van der Waals surface area contributed by atoms with Crippen LogP contribution in [0.15, 0.2) is 12.1 Å². The molecule has 0 bridgehead atoms. The molecule has 0 saturated carbocycles. The summed E-state index contributed by atoms with van der Waals surface area (Å²) in [5.74, 6) is -2.04. The van der Waals surface area contributed by atoms with Crippen LogP contribution in [-0.2, 0) is 0 Å². The van der Waals surface area contributed by atoms with Gasteiger partial charge in [0.15, 0.2) is 17.5 Å². The van der Waals surface area contributed by atoms with E-state index in [1.54, 1.807) is 13.8 Å². The lowest BCUT2D eigenvalue weighted by Gasteiger charge is -2.09. The molecular weight excluding hydrogens is 288 g/mol. The summed E-state index contributed by atoms with van der Waals surface area (Å²) in [5, 5.41) is -0.147. The molecule has 1 aromatic heterocycles. The van der Waals surface area contributed by atoms with Crippen LogP contribution >= 0.6 is 11.6 Å². The van der Waals surface area contributed by atoms with Gasteiger partial charge in [0, 0.05) is 0 Å². The molecule has 2 aromatic rings. The number of aryl methyl sites for hydroxylation is 1. The maximum atomic E-state index is 13.9. The van der Waals surface area contributed by atoms with Gasteiger partial charge in [-0.15, -0.1) is 0 Å². The smallest absolute Gasteiger partial charge is 0.321 e. The Morgan fingerprint density at radius 2 is 1.80 bits per heavy atom. The molecule has 0 spiro atoms. The molecule has 4 nitrogen and oxygen atoms in total. The minimum Gasteiger partial charge on any atom is -0.461 e. The SMILES string of the molecule is Cc1ccc(-c2nc(Cl)nc(OC(C)C)n2)c(F)c1F. The second-order valence-corrected chi connectivity index (χ2v) is 4.77. The van der Waals surface area contributed by atoms with Crippen LogP contribution in [0.4, 0.5) is 8.78 Å². The number of ether oxygens (including phenoxy) is 1. The quantitative estimate of drug-likeness (QED) is 0.869. The normalized spacial score (nSPS) is 10.9. The first-order valence-corrected chi connectivity index (χ1v) is 6.29. The Morgan fingerprint density at radius 3 is 2.45 bits per heavy atom. The summed E-state index contributed by atoms with van der Waals surface area (Å²) in [6, 6.07) is 2.79. The lowest BCUT2D eigenvalue weighted by molar-refractivity contribution is 0.222. The van der Waals surface area contributed by atoms with E-state index in [1.807, 2.05) is 0 Å². The van der Waals surface area contributed by atoms with Crippen LogP contribution in [0.5, 0.6) is 6.01 Å². The van der Waals surface area contributed by atoms with Crippen LogP contribution in [-0.4, -0.2) is 21.1 Å². The zero-order chi connectivity index (χ0) is 14.9. The number of aromatic nitrogens is 3. The summed E-state index contributed by atoms with van der Waals surface area (Å²) in [6.45, 7) is 5.03. The first-order valence-electron chi connectivity index (χ1n) is 5.91. The number of hydrogen-bond donors (Lipinski definition) is 0. The van der Waals surface area contributed by atoms with Crippen molar-refractivity contribution in [2.45, 2.75) is 26.9 Å². The summed E-state index contributed by atoms with van der Waals surface area (Å²) in [5.41, 5.74) is 0.107. The van der Waals surface area contributed by atoms with Gasteiger partial charge in [-0.3, -0.25) is 0 Å². The number of halogens is 3. The van der Waals surface area contributed by atoms with E-state index in [0.29, 0.717) is 0 Å². The predicted molar refractivity (Wildman–Crippen MR) is 70.7 cm³/mol. The molecule has 0 radical (unpaired) electrons. The molecule has 1 aromatic carbocycles. The van der Waals surface area contributed by atoms with Gasteiger partial charge in [-0.25, -0.2) is 8.78 Å². The van der Waals surface area contributed by atoms with Crippen LogP contribution in [0, 0.1) is 18.6 Å². The van der Waals surface area contributed by atoms with Crippen molar-refractivity contribution >= 4 is 11.6 Å². The standard InChI is InChI=1S/C13H12ClF2N3O/c1-6(2)20-13-18-11(17-12(14)19-13)8-5-4-7(3)9(15)10(8)16/h4-6H,1-3H3. The summed E-state index contributed by atoms with van der Waals surface area (Å²) >= 11 is 5.75. The Morgan fingerprint density at radius 1 is 1.10 bits per heavy atom. The molecule has 0 saturated heterocycles. The van der Waals surface area contributed by atoms with Crippen LogP contribution in [0.1, 0.15) is 19.4 Å². The predicted octanol–water partition coefficient (Wildman–Crippen LogP) is 3.57. The molecule has 0 atom stereocenters. The van der Waals surface area contributed by atoms with Gasteiger partial charge in [-0.2, -0.15) is 15.0 Å². The van der Waals surface area contributed by atoms with Crippen molar-refractivity contribution < 1.29 is 13.5 Å². The Bertz CT molecular complexity index is 650. The highest BCUT2D eigenvalue weighted by Crippen LogP contribution is 2.25. The third-order valence-corrected chi connectivity index (χ3v) is 2.61. The topological polar surface area (TPSA) is 47.9 Å². The van der Waals surface area contributed by atoms with E-state index in [4.69, 9.17) is 16.3 Å². The third-order valence-electron chi connectivity index (χ3n) is 2.45. The molecule has 0 aliphatic heterocycles. The molecular formula is C13H12ClF2N3O. The molecule has 0 aliphatic carbocycles. The van der Waals surface area contributed by atoms with E-state index in [1.165, 1.54) is 19.1 Å². The zero-order valence-electron chi connectivity index (χ0n) is 11.1. The van der Waals surface area contributed by atoms with Gasteiger partial charge in [-0.1, -0.05) is 6.07 Å². The summed E-state index contributed by atoms with van der Waals surface area (Å²) < 4.78 is 32.8. The van der Waals surface area contributed by atoms with Gasteiger partial charge in [0.05, 0.1) is 11.7 Å². The zero-order valence-corrected chi connectivity index (χ0v) is 11.9. The van der Waals surface area contributed by atoms with Gasteiger partial charge in [0.25, 0.3) is 0 Å². The van der Waals surface area contributed by atoms with E-state index in [-0.39, 0.29) is 34.3 Å². The average Bonchev–Trinajstić information content (AvgIpc) is 2.34. The summed E-state index contributed by atoms with van der Waals surface area (Å²) in [6.07, 6.45) is -0.180. The fraction of sp³-hybridized carbons (Fsp3) is 0.308. The van der Waals surface area contributed by atoms with Crippen molar-refractivity contribution in [1.29, 1.82) is 0 Å². The molecule has 20 heavy (non-hydrogen) atoms. The number of hydrogen-bond acceptors (Lipinski definition) is 4. The number of rotatable bonds is 3. The first-order chi connectivity index (χ1) is 9.38. The molecule has 2 rings (SSSR count). The van der Waals surface area contributed by atoms with Crippen LogP contribution in [0.25, 0.3) is 11.4 Å².